The second kappa shape index (κ2) is 7.49. The van der Waals surface area contributed by atoms with Gasteiger partial charge < -0.3 is 25.6 Å². The summed E-state index contributed by atoms with van der Waals surface area (Å²) in [6.07, 6.45) is 0.567. The smallest absolute Gasteiger partial charge is 0.337 e. The molecule has 1 aromatic carbocycles. The minimum Gasteiger partial charge on any atom is -0.493 e. The van der Waals surface area contributed by atoms with E-state index in [2.05, 4.69) is 5.32 Å². The highest BCUT2D eigenvalue weighted by Crippen LogP contribution is 2.33. The first-order valence-electron chi connectivity index (χ1n) is 6.48. The van der Waals surface area contributed by atoms with Crippen molar-refractivity contribution in [3.8, 4) is 11.5 Å². The number of nitrogens with one attached hydrogen (secondary N) is 1. The number of hydrogen-bond acceptors (Lipinski definition) is 5. The predicted molar refractivity (Wildman–Crippen MR) is 78.0 cm³/mol. The summed E-state index contributed by atoms with van der Waals surface area (Å²) in [4.78, 5) is 23.4. The molecule has 4 N–H and O–H groups in total. The summed E-state index contributed by atoms with van der Waals surface area (Å²) >= 11 is 0. The van der Waals surface area contributed by atoms with Crippen molar-refractivity contribution in [1.82, 2.24) is 0 Å². The molecule has 0 aliphatic heterocycles. The Morgan fingerprint density at radius 2 is 1.86 bits per heavy atom. The summed E-state index contributed by atoms with van der Waals surface area (Å²) in [6.45, 7) is 2.03. The van der Waals surface area contributed by atoms with Crippen molar-refractivity contribution in [2.24, 2.45) is 11.7 Å². The van der Waals surface area contributed by atoms with Gasteiger partial charge in [-0.15, -0.1) is 0 Å². The summed E-state index contributed by atoms with van der Waals surface area (Å²) < 4.78 is 10.2. The minimum absolute atomic E-state index is 0.0760. The largest absolute Gasteiger partial charge is 0.493 e. The van der Waals surface area contributed by atoms with Crippen LogP contribution in [0.3, 0.4) is 0 Å². The van der Waals surface area contributed by atoms with E-state index in [4.69, 9.17) is 15.2 Å². The Morgan fingerprint density at radius 1 is 1.29 bits per heavy atom. The monoisotopic (exact) mass is 296 g/mol. The van der Waals surface area contributed by atoms with E-state index in [1.165, 1.54) is 26.4 Å². The number of methoxy groups -OCH3 is 2. The Morgan fingerprint density at radius 3 is 2.29 bits per heavy atom. The number of hydrogen-bond donors (Lipinski definition) is 3. The van der Waals surface area contributed by atoms with E-state index >= 15 is 0 Å². The maximum absolute atomic E-state index is 12.0. The number of benzene rings is 1. The lowest BCUT2D eigenvalue weighted by Gasteiger charge is -2.16. The van der Waals surface area contributed by atoms with Crippen molar-refractivity contribution >= 4 is 17.6 Å². The number of carboxylic acids is 1. The molecule has 1 amide bonds. The van der Waals surface area contributed by atoms with Crippen LogP contribution in [0.4, 0.5) is 5.69 Å². The fourth-order valence-electron chi connectivity index (χ4n) is 1.85. The van der Waals surface area contributed by atoms with Crippen molar-refractivity contribution in [3.63, 3.8) is 0 Å². The van der Waals surface area contributed by atoms with Gasteiger partial charge in [0.25, 0.3) is 0 Å². The molecule has 1 aromatic rings. The van der Waals surface area contributed by atoms with Crippen molar-refractivity contribution in [3.05, 3.63) is 17.7 Å². The first-order valence-corrected chi connectivity index (χ1v) is 6.48. The number of anilines is 1. The average molecular weight is 296 g/mol. The van der Waals surface area contributed by atoms with Gasteiger partial charge in [-0.25, -0.2) is 4.79 Å². The van der Waals surface area contributed by atoms with E-state index in [0.29, 0.717) is 12.2 Å². The van der Waals surface area contributed by atoms with Crippen LogP contribution in [-0.2, 0) is 4.79 Å². The van der Waals surface area contributed by atoms with E-state index < -0.39 is 5.97 Å². The zero-order valence-electron chi connectivity index (χ0n) is 12.3. The fourth-order valence-corrected chi connectivity index (χ4v) is 1.85. The van der Waals surface area contributed by atoms with Gasteiger partial charge in [0.05, 0.1) is 31.4 Å². The summed E-state index contributed by atoms with van der Waals surface area (Å²) in [5.74, 6) is -1.26. The Balaban J connectivity index is 3.21. The number of aromatic carboxylic acids is 1. The first kappa shape index (κ1) is 16.8. The third-order valence-electron chi connectivity index (χ3n) is 3.16. The Kier molecular flexibility index (Phi) is 5.98. The second-order valence-electron chi connectivity index (χ2n) is 4.39. The van der Waals surface area contributed by atoms with Gasteiger partial charge in [0.2, 0.25) is 5.91 Å². The molecular formula is C14H20N2O5. The van der Waals surface area contributed by atoms with Gasteiger partial charge in [0.15, 0.2) is 11.5 Å². The van der Waals surface area contributed by atoms with E-state index in [9.17, 15) is 14.7 Å². The maximum Gasteiger partial charge on any atom is 0.337 e. The van der Waals surface area contributed by atoms with Crippen LogP contribution in [0.1, 0.15) is 23.7 Å². The second-order valence-corrected chi connectivity index (χ2v) is 4.39. The number of ether oxygens (including phenoxy) is 2. The molecule has 0 saturated heterocycles. The molecule has 0 fully saturated rings. The lowest BCUT2D eigenvalue weighted by molar-refractivity contribution is -0.119. The lowest BCUT2D eigenvalue weighted by Crippen LogP contribution is -2.29. The van der Waals surface area contributed by atoms with Crippen molar-refractivity contribution in [1.29, 1.82) is 0 Å². The molecule has 7 nitrogen and oxygen atoms in total. The highest BCUT2D eigenvalue weighted by atomic mass is 16.5. The predicted octanol–water partition coefficient (Wildman–Crippen LogP) is 1.33. The molecule has 0 aliphatic rings. The van der Waals surface area contributed by atoms with Crippen molar-refractivity contribution in [2.45, 2.75) is 13.3 Å². The first-order chi connectivity index (χ1) is 9.98. The highest BCUT2D eigenvalue weighted by molar-refractivity contribution is 6.02. The number of amides is 1. The molecule has 7 heteroatoms. The number of carbonyl (C=O) groups excluding carboxylic acids is 1. The number of carboxylic acid groups (broad SMARTS) is 1. The van der Waals surface area contributed by atoms with E-state index in [-0.39, 0.29) is 35.4 Å². The van der Waals surface area contributed by atoms with E-state index in [0.717, 1.165) is 0 Å². The van der Waals surface area contributed by atoms with Gasteiger partial charge >= 0.3 is 5.97 Å². The normalized spacial score (nSPS) is 11.6. The van der Waals surface area contributed by atoms with Crippen LogP contribution >= 0.6 is 0 Å². The Hall–Kier alpha value is -2.28. The number of nitrogens with two attached hydrogens (primary N) is 1. The van der Waals surface area contributed by atoms with Crippen molar-refractivity contribution in [2.75, 3.05) is 26.1 Å². The molecule has 0 radical (unpaired) electrons. The third-order valence-corrected chi connectivity index (χ3v) is 3.16. The molecule has 0 spiro atoms. The molecule has 1 unspecified atom stereocenters. The van der Waals surface area contributed by atoms with Crippen LogP contribution < -0.4 is 20.5 Å². The number of carbonyl (C=O) groups is 2. The van der Waals surface area contributed by atoms with Gasteiger partial charge in [0.1, 0.15) is 0 Å². The van der Waals surface area contributed by atoms with Gasteiger partial charge in [-0.3, -0.25) is 4.79 Å². The molecule has 0 aliphatic carbocycles. The van der Waals surface area contributed by atoms with Crippen LogP contribution in [0.15, 0.2) is 12.1 Å². The van der Waals surface area contributed by atoms with Crippen LogP contribution in [0.25, 0.3) is 0 Å². The van der Waals surface area contributed by atoms with Gasteiger partial charge in [-0.2, -0.15) is 0 Å². The number of rotatable bonds is 7. The SMILES string of the molecule is CCC(CN)C(=O)Nc1cc(OC)c(OC)cc1C(=O)O. The maximum atomic E-state index is 12.0. The van der Waals surface area contributed by atoms with Gasteiger partial charge in [-0.1, -0.05) is 6.92 Å². The molecule has 0 saturated carbocycles. The van der Waals surface area contributed by atoms with E-state index in [1.54, 1.807) is 0 Å². The standard InChI is InChI=1S/C14H20N2O5/c1-4-8(7-15)13(17)16-10-6-12(21-3)11(20-2)5-9(10)14(18)19/h5-6,8H,4,7,15H2,1-3H3,(H,16,17)(H,18,19). The average Bonchev–Trinajstić information content (AvgIpc) is 2.47. The van der Waals surface area contributed by atoms with Gasteiger partial charge in [0, 0.05) is 18.7 Å². The molecule has 0 aromatic heterocycles. The van der Waals surface area contributed by atoms with Crippen molar-refractivity contribution < 1.29 is 24.2 Å². The third kappa shape index (κ3) is 3.85. The zero-order valence-corrected chi connectivity index (χ0v) is 12.3. The summed E-state index contributed by atoms with van der Waals surface area (Å²) in [7, 11) is 2.84. The zero-order chi connectivity index (χ0) is 16.0. The highest BCUT2D eigenvalue weighted by Gasteiger charge is 2.20. The topological polar surface area (TPSA) is 111 Å². The van der Waals surface area contributed by atoms with Gasteiger partial charge in [-0.05, 0) is 6.42 Å². The Bertz CT molecular complexity index is 526. The quantitative estimate of drug-likeness (QED) is 0.700. The Labute approximate surface area is 123 Å². The van der Waals surface area contributed by atoms with Crippen LogP contribution in [0.2, 0.25) is 0 Å². The van der Waals surface area contributed by atoms with E-state index in [1.807, 2.05) is 6.92 Å². The molecule has 1 atom stereocenters. The fraction of sp³-hybridized carbons (Fsp3) is 0.429. The van der Waals surface area contributed by atoms with Crippen LogP contribution in [-0.4, -0.2) is 37.7 Å². The molecular weight excluding hydrogens is 276 g/mol. The molecule has 116 valence electrons. The minimum atomic E-state index is -1.17. The van der Waals surface area contributed by atoms with Crippen LogP contribution in [0, 0.1) is 5.92 Å². The summed E-state index contributed by atoms with van der Waals surface area (Å²) in [5, 5.41) is 11.8. The lowest BCUT2D eigenvalue weighted by atomic mass is 10.1. The summed E-state index contributed by atoms with van der Waals surface area (Å²) in [5.41, 5.74) is 5.59. The van der Waals surface area contributed by atoms with Crippen LogP contribution in [0.5, 0.6) is 11.5 Å². The molecule has 1 rings (SSSR count). The molecule has 21 heavy (non-hydrogen) atoms. The molecule has 0 bridgehead atoms. The summed E-state index contributed by atoms with van der Waals surface area (Å²) in [6, 6.07) is 2.73. The molecule has 0 heterocycles.